The van der Waals surface area contributed by atoms with Crippen molar-refractivity contribution in [1.82, 2.24) is 24.3 Å². The number of likely N-dealkylation sites (tertiary alicyclic amines) is 1. The van der Waals surface area contributed by atoms with E-state index < -0.39 is 11.4 Å². The van der Waals surface area contributed by atoms with Gasteiger partial charge in [0.05, 0.1) is 11.1 Å². The van der Waals surface area contributed by atoms with E-state index in [-0.39, 0.29) is 24.5 Å². The monoisotopic (exact) mass is 559 g/mol. The normalized spacial score (nSPS) is 14.8. The number of nitrogens with zero attached hydrogens (tertiary/aromatic N) is 5. The lowest BCUT2D eigenvalue weighted by molar-refractivity contribution is 0.0189. The molecule has 0 spiro atoms. The zero-order valence-corrected chi connectivity index (χ0v) is 22.8. The van der Waals surface area contributed by atoms with Gasteiger partial charge in [-0.1, -0.05) is 6.07 Å². The largest absolute Gasteiger partial charge is 0.444 e. The number of halogens is 2. The van der Waals surface area contributed by atoms with E-state index in [0.717, 1.165) is 28.3 Å². The molecule has 2 amide bonds. The number of carbonyl (C=O) groups excluding carboxylic acids is 2. The third kappa shape index (κ3) is 5.53. The highest BCUT2D eigenvalue weighted by Crippen LogP contribution is 2.34. The van der Waals surface area contributed by atoms with Crippen LogP contribution in [0.25, 0.3) is 11.0 Å². The molecule has 0 aliphatic carbocycles. The number of hydrogen-bond donors (Lipinski definition) is 0. The fourth-order valence-electron chi connectivity index (χ4n) is 4.43. The molecule has 0 radical (unpaired) electrons. The summed E-state index contributed by atoms with van der Waals surface area (Å²) < 4.78 is 23.3. The average Bonchev–Trinajstić information content (AvgIpc) is 3.16. The Morgan fingerprint density at radius 1 is 1.19 bits per heavy atom. The molecule has 1 saturated heterocycles. The molecule has 8 nitrogen and oxygen atoms in total. The van der Waals surface area contributed by atoms with Gasteiger partial charge in [0.15, 0.2) is 0 Å². The Morgan fingerprint density at radius 3 is 2.50 bits per heavy atom. The standard InChI is InChI=1S/C26H31BrFN5O3/c1-26(2,3)36-25(35)32-10-8-18(9-11-32)33-14-19(27)22-21(29-15-30-23(22)33)13-16-6-7-17(12-20(16)28)24(34)31(4)5/h6-7,12,14-15,18H,8-11,13H2,1-5H3. The van der Waals surface area contributed by atoms with Gasteiger partial charge in [-0.25, -0.2) is 19.2 Å². The number of ether oxygens (including phenoxy) is 1. The van der Waals surface area contributed by atoms with Crippen LogP contribution < -0.4 is 0 Å². The smallest absolute Gasteiger partial charge is 0.410 e. The van der Waals surface area contributed by atoms with Crippen LogP contribution in [-0.4, -0.2) is 69.1 Å². The van der Waals surface area contributed by atoms with Crippen molar-refractivity contribution >= 4 is 39.0 Å². The lowest BCUT2D eigenvalue weighted by atomic mass is 10.0. The van der Waals surface area contributed by atoms with Crippen molar-refractivity contribution in [1.29, 1.82) is 0 Å². The molecule has 0 bridgehead atoms. The van der Waals surface area contributed by atoms with Gasteiger partial charge in [0, 0.05) is 55.9 Å². The summed E-state index contributed by atoms with van der Waals surface area (Å²) in [6.07, 6.45) is 5.00. The fraction of sp³-hybridized carbons (Fsp3) is 0.462. The molecular formula is C26H31BrFN5O3. The van der Waals surface area contributed by atoms with Crippen LogP contribution in [0.15, 0.2) is 35.2 Å². The third-order valence-corrected chi connectivity index (χ3v) is 6.82. The second kappa shape index (κ2) is 10.2. The predicted molar refractivity (Wildman–Crippen MR) is 139 cm³/mol. The van der Waals surface area contributed by atoms with Crippen molar-refractivity contribution in [2.24, 2.45) is 0 Å². The van der Waals surface area contributed by atoms with E-state index in [1.807, 2.05) is 27.0 Å². The van der Waals surface area contributed by atoms with Gasteiger partial charge >= 0.3 is 6.09 Å². The van der Waals surface area contributed by atoms with Crippen LogP contribution in [0.1, 0.15) is 61.3 Å². The molecule has 10 heteroatoms. The number of piperidine rings is 1. The molecular weight excluding hydrogens is 529 g/mol. The number of benzene rings is 1. The van der Waals surface area contributed by atoms with E-state index in [2.05, 4.69) is 30.5 Å². The molecule has 1 aromatic carbocycles. The first kappa shape index (κ1) is 26.1. The summed E-state index contributed by atoms with van der Waals surface area (Å²) in [4.78, 5) is 36.7. The van der Waals surface area contributed by atoms with E-state index in [1.165, 1.54) is 17.3 Å². The molecule has 0 saturated carbocycles. The highest BCUT2D eigenvalue weighted by molar-refractivity contribution is 9.10. The molecule has 3 heterocycles. The van der Waals surface area contributed by atoms with Crippen LogP contribution >= 0.6 is 15.9 Å². The average molecular weight is 560 g/mol. The zero-order valence-electron chi connectivity index (χ0n) is 21.2. The van der Waals surface area contributed by atoms with Gasteiger partial charge in [-0.05, 0) is 67.2 Å². The SMILES string of the molecule is CN(C)C(=O)c1ccc(Cc2ncnc3c2c(Br)cn3C2CCN(C(=O)OC(C)(C)C)CC2)c(F)c1. The molecule has 0 unspecified atom stereocenters. The molecule has 3 aromatic rings. The fourth-order valence-corrected chi connectivity index (χ4v) is 5.05. The van der Waals surface area contributed by atoms with E-state index in [9.17, 15) is 14.0 Å². The van der Waals surface area contributed by atoms with Gasteiger partial charge in [0.2, 0.25) is 0 Å². The first-order chi connectivity index (χ1) is 16.9. The molecule has 192 valence electrons. The minimum atomic E-state index is -0.523. The van der Waals surface area contributed by atoms with Crippen LogP contribution in [0.2, 0.25) is 0 Å². The number of hydrogen-bond acceptors (Lipinski definition) is 5. The summed E-state index contributed by atoms with van der Waals surface area (Å²) in [5, 5.41) is 0.833. The Kier molecular flexibility index (Phi) is 7.36. The molecule has 1 aliphatic heterocycles. The van der Waals surface area contributed by atoms with Crippen molar-refractivity contribution in [3.05, 3.63) is 57.8 Å². The lowest BCUT2D eigenvalue weighted by Gasteiger charge is -2.34. The van der Waals surface area contributed by atoms with Crippen LogP contribution in [0.4, 0.5) is 9.18 Å². The Hall–Kier alpha value is -3.01. The summed E-state index contributed by atoms with van der Waals surface area (Å²) in [7, 11) is 3.27. The van der Waals surface area contributed by atoms with Crippen molar-refractivity contribution in [3.63, 3.8) is 0 Å². The summed E-state index contributed by atoms with van der Waals surface area (Å²) in [6, 6.07) is 4.71. The topological polar surface area (TPSA) is 80.6 Å². The second-order valence-corrected chi connectivity index (χ2v) is 11.1. The van der Waals surface area contributed by atoms with Crippen LogP contribution in [0, 0.1) is 5.82 Å². The second-order valence-electron chi connectivity index (χ2n) is 10.3. The van der Waals surface area contributed by atoms with Crippen LogP contribution in [0.5, 0.6) is 0 Å². The maximum absolute atomic E-state index is 14.9. The molecule has 36 heavy (non-hydrogen) atoms. The maximum atomic E-state index is 14.9. The van der Waals surface area contributed by atoms with Gasteiger partial charge in [-0.15, -0.1) is 0 Å². The van der Waals surface area contributed by atoms with Crippen molar-refractivity contribution in [2.75, 3.05) is 27.2 Å². The predicted octanol–water partition coefficient (Wildman–Crippen LogP) is 5.20. The Balaban J connectivity index is 1.54. The molecule has 4 rings (SSSR count). The number of carbonyl (C=O) groups is 2. The number of rotatable bonds is 4. The minimum Gasteiger partial charge on any atom is -0.444 e. The lowest BCUT2D eigenvalue weighted by Crippen LogP contribution is -2.42. The Morgan fingerprint density at radius 2 is 1.89 bits per heavy atom. The molecule has 0 N–H and O–H groups in total. The van der Waals surface area contributed by atoms with E-state index in [1.54, 1.807) is 31.1 Å². The summed E-state index contributed by atoms with van der Waals surface area (Å²) in [6.45, 7) is 6.78. The maximum Gasteiger partial charge on any atom is 0.410 e. The quantitative estimate of drug-likeness (QED) is 0.439. The molecule has 1 aliphatic rings. The summed E-state index contributed by atoms with van der Waals surface area (Å²) >= 11 is 3.65. The number of fused-ring (bicyclic) bond motifs is 1. The van der Waals surface area contributed by atoms with E-state index in [4.69, 9.17) is 4.74 Å². The van der Waals surface area contributed by atoms with Crippen LogP contribution in [-0.2, 0) is 11.2 Å². The molecule has 0 atom stereocenters. The Bertz CT molecular complexity index is 1290. The molecule has 1 fully saturated rings. The van der Waals surface area contributed by atoms with Gasteiger partial charge in [-0.3, -0.25) is 4.79 Å². The van der Waals surface area contributed by atoms with Gasteiger partial charge in [-0.2, -0.15) is 0 Å². The first-order valence-corrected chi connectivity index (χ1v) is 12.7. The first-order valence-electron chi connectivity index (χ1n) is 11.9. The molecule has 2 aromatic heterocycles. The van der Waals surface area contributed by atoms with Crippen LogP contribution in [0.3, 0.4) is 0 Å². The Labute approximate surface area is 218 Å². The highest BCUT2D eigenvalue weighted by Gasteiger charge is 2.29. The van der Waals surface area contributed by atoms with Crippen molar-refractivity contribution in [3.8, 4) is 0 Å². The minimum absolute atomic E-state index is 0.160. The zero-order chi connectivity index (χ0) is 26.2. The van der Waals surface area contributed by atoms with E-state index >= 15 is 0 Å². The number of amides is 2. The third-order valence-electron chi connectivity index (χ3n) is 6.22. The highest BCUT2D eigenvalue weighted by atomic mass is 79.9. The number of aromatic nitrogens is 3. The summed E-state index contributed by atoms with van der Waals surface area (Å²) in [5.41, 5.74) is 1.70. The van der Waals surface area contributed by atoms with Gasteiger partial charge in [0.1, 0.15) is 23.4 Å². The van der Waals surface area contributed by atoms with Crippen molar-refractivity contribution in [2.45, 2.75) is 51.7 Å². The van der Waals surface area contributed by atoms with E-state index in [0.29, 0.717) is 29.9 Å². The summed E-state index contributed by atoms with van der Waals surface area (Å²) in [5.74, 6) is -0.693. The van der Waals surface area contributed by atoms with Gasteiger partial charge < -0.3 is 19.1 Å². The van der Waals surface area contributed by atoms with Crippen molar-refractivity contribution < 1.29 is 18.7 Å². The van der Waals surface area contributed by atoms with Gasteiger partial charge in [0.25, 0.3) is 5.91 Å².